The summed E-state index contributed by atoms with van der Waals surface area (Å²) in [5, 5.41) is 51.6. The summed E-state index contributed by atoms with van der Waals surface area (Å²) in [6, 6.07) is 18.4. The quantitative estimate of drug-likeness (QED) is 0.0440. The van der Waals surface area contributed by atoms with E-state index in [1.807, 2.05) is 0 Å². The van der Waals surface area contributed by atoms with Crippen molar-refractivity contribution < 1.29 is 47.3 Å². The highest BCUT2D eigenvalue weighted by Gasteiger charge is 2.19. The molecule has 0 radical (unpaired) electrons. The number of hydrogen-bond acceptors (Lipinski definition) is 15. The third-order valence-electron chi connectivity index (χ3n) is 4.87. The van der Waals surface area contributed by atoms with E-state index in [1.165, 1.54) is 12.1 Å². The summed E-state index contributed by atoms with van der Waals surface area (Å²) in [6.07, 6.45) is 0. The molecule has 4 rings (SSSR count). The van der Waals surface area contributed by atoms with Gasteiger partial charge in [-0.3, -0.25) is 4.55 Å². The molecular weight excluding hydrogens is 576 g/mol. The maximum atomic E-state index is 12.1. The van der Waals surface area contributed by atoms with Gasteiger partial charge < -0.3 is 5.11 Å². The fourth-order valence-corrected chi connectivity index (χ4v) is 4.70. The number of phenolic OH excluding ortho intramolecular Hbond substituents is 1. The molecule has 0 aromatic heterocycles. The average molecular weight is 593 g/mol. The standard InChI is InChI=1S/C22H16N4O10S3/c27-22-17-4-2-1-3-13(17)11-19(38-36-34-29)21(22)26-25-18-10-7-15(12-20(18)39(30,31)32)24-23-14-5-8-16(9-6-14)37-35-33-28/h1-12,27-29H,(H,30,31,32). The Bertz CT molecular complexity index is 1630. The molecule has 0 saturated heterocycles. The van der Waals surface area contributed by atoms with Crippen LogP contribution in [0.5, 0.6) is 5.75 Å². The molecule has 14 nitrogen and oxygen atoms in total. The van der Waals surface area contributed by atoms with E-state index in [2.05, 4.69) is 39.2 Å². The molecule has 4 aromatic rings. The monoisotopic (exact) mass is 592 g/mol. The second kappa shape index (κ2) is 13.0. The maximum absolute atomic E-state index is 12.1. The summed E-state index contributed by atoms with van der Waals surface area (Å²) in [5.41, 5.74) is 0.118. The molecule has 0 bridgehead atoms. The smallest absolute Gasteiger partial charge is 0.296 e. The molecule has 0 unspecified atom stereocenters. The van der Waals surface area contributed by atoms with E-state index in [-0.39, 0.29) is 27.7 Å². The molecule has 0 aliphatic carbocycles. The van der Waals surface area contributed by atoms with Crippen LogP contribution in [-0.4, -0.2) is 28.6 Å². The molecule has 0 saturated carbocycles. The van der Waals surface area contributed by atoms with Crippen molar-refractivity contribution in [2.45, 2.75) is 14.7 Å². The summed E-state index contributed by atoms with van der Waals surface area (Å²) < 4.78 is 42.8. The van der Waals surface area contributed by atoms with Gasteiger partial charge in [0.2, 0.25) is 0 Å². The fraction of sp³-hybridized carbons (Fsp3) is 0. The molecule has 0 aliphatic rings. The second-order valence-electron chi connectivity index (χ2n) is 7.27. The van der Waals surface area contributed by atoms with Gasteiger partial charge in [-0.2, -0.15) is 18.6 Å². The number of phenols is 1. The zero-order valence-electron chi connectivity index (χ0n) is 19.2. The molecule has 17 heteroatoms. The fourth-order valence-electron chi connectivity index (χ4n) is 3.20. The van der Waals surface area contributed by atoms with Gasteiger partial charge in [0.05, 0.1) is 40.4 Å². The van der Waals surface area contributed by atoms with Crippen LogP contribution in [0.3, 0.4) is 0 Å². The first kappa shape index (κ1) is 28.5. The number of nitrogens with zero attached hydrogens (tertiary/aromatic N) is 4. The Morgan fingerprint density at radius 2 is 1.41 bits per heavy atom. The van der Waals surface area contributed by atoms with Crippen LogP contribution in [0.1, 0.15) is 0 Å². The third-order valence-corrected chi connectivity index (χ3v) is 6.97. The van der Waals surface area contributed by atoms with E-state index in [0.717, 1.165) is 18.1 Å². The first-order valence-electron chi connectivity index (χ1n) is 10.4. The molecular formula is C22H16N4O10S3. The highest BCUT2D eigenvalue weighted by Crippen LogP contribution is 2.44. The lowest BCUT2D eigenvalue weighted by molar-refractivity contribution is -0.432. The van der Waals surface area contributed by atoms with Crippen LogP contribution in [0.25, 0.3) is 10.8 Å². The Balaban J connectivity index is 1.66. The minimum atomic E-state index is -4.78. The van der Waals surface area contributed by atoms with Crippen LogP contribution < -0.4 is 0 Å². The minimum Gasteiger partial charge on any atom is -0.505 e. The highest BCUT2D eigenvalue weighted by molar-refractivity contribution is 7.94. The number of hydrogen-bond donors (Lipinski definition) is 4. The molecule has 0 fully saturated rings. The predicted molar refractivity (Wildman–Crippen MR) is 138 cm³/mol. The zero-order chi connectivity index (χ0) is 27.8. The van der Waals surface area contributed by atoms with Gasteiger partial charge in [0, 0.05) is 10.3 Å². The van der Waals surface area contributed by atoms with Crippen LogP contribution in [0.4, 0.5) is 22.7 Å². The summed E-state index contributed by atoms with van der Waals surface area (Å²) in [5.74, 6) is -0.292. The van der Waals surface area contributed by atoms with Crippen molar-refractivity contribution in [3.8, 4) is 5.75 Å². The van der Waals surface area contributed by atoms with Crippen LogP contribution in [-0.2, 0) is 28.9 Å². The van der Waals surface area contributed by atoms with Gasteiger partial charge in [-0.25, -0.2) is 10.5 Å². The molecule has 0 heterocycles. The van der Waals surface area contributed by atoms with Crippen molar-refractivity contribution in [3.63, 3.8) is 0 Å². The minimum absolute atomic E-state index is 0.0790. The molecule has 4 aromatic carbocycles. The molecule has 0 atom stereocenters. The molecule has 202 valence electrons. The molecule has 4 N–H and O–H groups in total. The van der Waals surface area contributed by atoms with E-state index in [0.29, 0.717) is 33.4 Å². The normalized spacial score (nSPS) is 12.2. The van der Waals surface area contributed by atoms with Crippen molar-refractivity contribution in [2.75, 3.05) is 0 Å². The van der Waals surface area contributed by atoms with E-state index >= 15 is 0 Å². The van der Waals surface area contributed by atoms with Gasteiger partial charge in [0.25, 0.3) is 10.1 Å². The number of azo groups is 2. The van der Waals surface area contributed by atoms with E-state index < -0.39 is 15.0 Å². The number of rotatable bonds is 11. The zero-order valence-corrected chi connectivity index (χ0v) is 21.6. The van der Waals surface area contributed by atoms with E-state index in [1.54, 1.807) is 54.6 Å². The average Bonchev–Trinajstić information content (AvgIpc) is 2.93. The van der Waals surface area contributed by atoms with E-state index in [4.69, 9.17) is 10.5 Å². The Kier molecular flexibility index (Phi) is 9.54. The number of fused-ring (bicyclic) bond motifs is 1. The number of benzene rings is 4. The Morgan fingerprint density at radius 3 is 2.13 bits per heavy atom. The third kappa shape index (κ3) is 7.34. The van der Waals surface area contributed by atoms with Crippen molar-refractivity contribution in [1.82, 2.24) is 0 Å². The molecule has 39 heavy (non-hydrogen) atoms. The Morgan fingerprint density at radius 1 is 0.744 bits per heavy atom. The van der Waals surface area contributed by atoms with Crippen LogP contribution in [0.2, 0.25) is 0 Å². The van der Waals surface area contributed by atoms with Crippen LogP contribution in [0.15, 0.2) is 108 Å². The van der Waals surface area contributed by atoms with Crippen molar-refractivity contribution in [3.05, 3.63) is 72.8 Å². The van der Waals surface area contributed by atoms with Crippen LogP contribution >= 0.6 is 24.1 Å². The summed E-state index contributed by atoms with van der Waals surface area (Å²) in [7, 11) is -4.78. The summed E-state index contributed by atoms with van der Waals surface area (Å²) >= 11 is 1.29. The first-order valence-corrected chi connectivity index (χ1v) is 13.3. The van der Waals surface area contributed by atoms with Crippen LogP contribution in [0, 0.1) is 0 Å². The summed E-state index contributed by atoms with van der Waals surface area (Å²) in [4.78, 5) is 0.170. The van der Waals surface area contributed by atoms with E-state index in [9.17, 15) is 18.1 Å². The molecule has 0 amide bonds. The first-order chi connectivity index (χ1) is 18.8. The SMILES string of the molecule is O=S(=O)(O)c1cc(N=Nc2ccc(SOOO)cc2)ccc1N=Nc1c(SOOO)cc2ccccc2c1O. The van der Waals surface area contributed by atoms with Gasteiger partial charge in [-0.05, 0) is 53.9 Å². The maximum Gasteiger partial charge on any atom is 0.296 e. The lowest BCUT2D eigenvalue weighted by Gasteiger charge is -2.09. The Labute approximate surface area is 228 Å². The van der Waals surface area contributed by atoms with Crippen molar-refractivity contribution >= 4 is 67.7 Å². The van der Waals surface area contributed by atoms with Gasteiger partial charge in [-0.15, -0.1) is 18.9 Å². The molecule has 0 spiro atoms. The van der Waals surface area contributed by atoms with Gasteiger partial charge in [0.1, 0.15) is 16.3 Å². The van der Waals surface area contributed by atoms with Gasteiger partial charge >= 0.3 is 0 Å². The Hall–Kier alpha value is -3.49. The van der Waals surface area contributed by atoms with Gasteiger partial charge in [0.15, 0.2) is 5.75 Å². The van der Waals surface area contributed by atoms with Crippen molar-refractivity contribution in [2.24, 2.45) is 20.5 Å². The van der Waals surface area contributed by atoms with Gasteiger partial charge in [-0.1, -0.05) is 34.3 Å². The number of aromatic hydroxyl groups is 1. The van der Waals surface area contributed by atoms with Crippen molar-refractivity contribution in [1.29, 1.82) is 0 Å². The molecule has 0 aliphatic heterocycles. The topological polar surface area (TPSA) is 201 Å². The highest BCUT2D eigenvalue weighted by atomic mass is 32.2. The lowest BCUT2D eigenvalue weighted by atomic mass is 10.1. The summed E-state index contributed by atoms with van der Waals surface area (Å²) in [6.45, 7) is 0. The predicted octanol–water partition coefficient (Wildman–Crippen LogP) is 7.48. The largest absolute Gasteiger partial charge is 0.505 e. The second-order valence-corrected chi connectivity index (χ2v) is 10.2. The lowest BCUT2D eigenvalue weighted by Crippen LogP contribution is -1.98.